The average Bonchev–Trinajstić information content (AvgIpc) is 3.58. The number of nitrogens with zero attached hydrogens (tertiary/aromatic N) is 3. The van der Waals surface area contributed by atoms with Crippen molar-refractivity contribution in [3.8, 4) is 0 Å². The fourth-order valence-electron chi connectivity index (χ4n) is 2.92. The van der Waals surface area contributed by atoms with Crippen LogP contribution < -0.4 is 16.0 Å². The van der Waals surface area contributed by atoms with Crippen LogP contribution in [0.15, 0.2) is 29.5 Å². The molecule has 186 valence electrons. The fraction of sp³-hybridized carbons (Fsp3) is 0.652. The summed E-state index contributed by atoms with van der Waals surface area (Å²) in [6.45, 7) is 11.0. The van der Waals surface area contributed by atoms with Crippen LogP contribution in [-0.4, -0.2) is 66.2 Å². The molecule has 0 bridgehead atoms. The van der Waals surface area contributed by atoms with Crippen molar-refractivity contribution in [2.45, 2.75) is 59.1 Å². The van der Waals surface area contributed by atoms with Crippen LogP contribution in [0.5, 0.6) is 0 Å². The van der Waals surface area contributed by atoms with E-state index in [2.05, 4.69) is 25.9 Å². The number of ether oxygens (including phenoxy) is 1. The quantitative estimate of drug-likeness (QED) is 0.162. The first-order valence-corrected chi connectivity index (χ1v) is 11.4. The number of guanidine groups is 1. The summed E-state index contributed by atoms with van der Waals surface area (Å²) in [4.78, 5) is 34.8. The molecule has 1 fully saturated rings. The lowest BCUT2D eigenvalue weighted by Crippen LogP contribution is -2.42. The van der Waals surface area contributed by atoms with Gasteiger partial charge in [-0.25, -0.2) is 4.79 Å². The van der Waals surface area contributed by atoms with E-state index in [-0.39, 0.29) is 41.9 Å². The number of hydrogen-bond donors (Lipinski definition) is 3. The molecule has 0 atom stereocenters. The number of aromatic nitrogens is 1. The number of rotatable bonds is 11. The third kappa shape index (κ3) is 12.6. The van der Waals surface area contributed by atoms with Gasteiger partial charge >= 0.3 is 6.09 Å². The van der Waals surface area contributed by atoms with E-state index in [9.17, 15) is 9.59 Å². The lowest BCUT2D eigenvalue weighted by molar-refractivity contribution is -0.122. The maximum Gasteiger partial charge on any atom is 0.410 e. The average molecular weight is 575 g/mol. The number of hydrogen-bond acceptors (Lipinski definition) is 5. The standard InChI is InChI=1S/C23H38N6O3.HI/c1-5-25-21(28-14-13-26-20(30)19-9-10-19)27-12-7-15-29(22(31)32-23(2,3)4)17-18-8-6-11-24-16-18;/h6,8,11,16,19H,5,7,9-10,12-15,17H2,1-4H3,(H,26,30)(H2,25,27,28);1H. The molecule has 0 radical (unpaired) electrons. The van der Waals surface area contributed by atoms with Crippen LogP contribution >= 0.6 is 24.0 Å². The molecule has 1 aliphatic carbocycles. The van der Waals surface area contributed by atoms with Gasteiger partial charge in [0.1, 0.15) is 5.60 Å². The molecule has 0 saturated heterocycles. The smallest absolute Gasteiger partial charge is 0.410 e. The van der Waals surface area contributed by atoms with Crippen molar-refractivity contribution in [1.29, 1.82) is 0 Å². The Kier molecular flexibility index (Phi) is 13.1. The van der Waals surface area contributed by atoms with E-state index in [1.165, 1.54) is 0 Å². The highest BCUT2D eigenvalue weighted by atomic mass is 127. The summed E-state index contributed by atoms with van der Waals surface area (Å²) in [5, 5.41) is 9.36. The summed E-state index contributed by atoms with van der Waals surface area (Å²) in [6, 6.07) is 3.80. The Hall–Kier alpha value is -2.11. The normalized spacial score (nSPS) is 13.5. The summed E-state index contributed by atoms with van der Waals surface area (Å²) in [5.41, 5.74) is 0.393. The van der Waals surface area contributed by atoms with Crippen LogP contribution in [0.4, 0.5) is 4.79 Å². The van der Waals surface area contributed by atoms with Crippen LogP contribution in [0.2, 0.25) is 0 Å². The lowest BCUT2D eigenvalue weighted by Gasteiger charge is -2.27. The van der Waals surface area contributed by atoms with Crippen LogP contribution in [0, 0.1) is 5.92 Å². The zero-order chi connectivity index (χ0) is 23.4. The molecule has 9 nitrogen and oxygen atoms in total. The molecule has 2 rings (SSSR count). The monoisotopic (exact) mass is 574 g/mol. The second-order valence-corrected chi connectivity index (χ2v) is 8.87. The predicted molar refractivity (Wildman–Crippen MR) is 141 cm³/mol. The molecule has 1 aliphatic rings. The van der Waals surface area contributed by atoms with Crippen LogP contribution in [0.1, 0.15) is 52.5 Å². The zero-order valence-corrected chi connectivity index (χ0v) is 22.6. The van der Waals surface area contributed by atoms with Gasteiger partial charge in [-0.3, -0.25) is 14.8 Å². The van der Waals surface area contributed by atoms with Crippen molar-refractivity contribution in [1.82, 2.24) is 25.8 Å². The Morgan fingerprint density at radius 1 is 1.21 bits per heavy atom. The summed E-state index contributed by atoms with van der Waals surface area (Å²) in [6.07, 6.45) is 5.82. The predicted octanol–water partition coefficient (Wildman–Crippen LogP) is 2.91. The maximum absolute atomic E-state index is 12.7. The van der Waals surface area contributed by atoms with Crippen molar-refractivity contribution in [3.05, 3.63) is 30.1 Å². The first kappa shape index (κ1) is 28.9. The van der Waals surface area contributed by atoms with Crippen molar-refractivity contribution < 1.29 is 14.3 Å². The molecule has 1 saturated carbocycles. The lowest BCUT2D eigenvalue weighted by atomic mass is 10.2. The highest BCUT2D eigenvalue weighted by Gasteiger charge is 2.29. The van der Waals surface area contributed by atoms with Crippen molar-refractivity contribution in [2.24, 2.45) is 10.9 Å². The van der Waals surface area contributed by atoms with E-state index < -0.39 is 5.60 Å². The number of pyridine rings is 1. The van der Waals surface area contributed by atoms with Gasteiger partial charge in [0.15, 0.2) is 5.96 Å². The minimum atomic E-state index is -0.556. The fourth-order valence-corrected chi connectivity index (χ4v) is 2.92. The third-order valence-corrected chi connectivity index (χ3v) is 4.61. The summed E-state index contributed by atoms with van der Waals surface area (Å²) in [5.74, 6) is 1.06. The second kappa shape index (κ2) is 14.9. The first-order chi connectivity index (χ1) is 15.3. The summed E-state index contributed by atoms with van der Waals surface area (Å²) in [7, 11) is 0. The van der Waals surface area contributed by atoms with Gasteiger partial charge in [-0.05, 0) is 58.6 Å². The largest absolute Gasteiger partial charge is 0.444 e. The number of nitrogens with one attached hydrogen (secondary N) is 3. The number of halogens is 1. The van der Waals surface area contributed by atoms with Crippen molar-refractivity contribution in [2.75, 3.05) is 32.7 Å². The minimum Gasteiger partial charge on any atom is -0.444 e. The maximum atomic E-state index is 12.7. The zero-order valence-electron chi connectivity index (χ0n) is 20.2. The SMILES string of the molecule is CCNC(=NCCCN(Cc1cccnc1)C(=O)OC(C)(C)C)NCCNC(=O)C1CC1.I. The van der Waals surface area contributed by atoms with Gasteiger partial charge < -0.3 is 25.6 Å². The highest BCUT2D eigenvalue weighted by molar-refractivity contribution is 14.0. The molecule has 10 heteroatoms. The van der Waals surface area contributed by atoms with Gasteiger partial charge in [0.25, 0.3) is 0 Å². The van der Waals surface area contributed by atoms with Gasteiger partial charge in [0.2, 0.25) is 5.91 Å². The molecule has 33 heavy (non-hydrogen) atoms. The summed E-state index contributed by atoms with van der Waals surface area (Å²) >= 11 is 0. The molecule has 1 aromatic rings. The minimum absolute atomic E-state index is 0. The Balaban J connectivity index is 0.00000544. The molecule has 3 N–H and O–H groups in total. The molecule has 2 amide bonds. The number of aliphatic imine (C=N–C) groups is 1. The van der Waals surface area contributed by atoms with Gasteiger partial charge in [0.05, 0.1) is 6.54 Å². The van der Waals surface area contributed by atoms with Gasteiger partial charge in [0, 0.05) is 51.0 Å². The second-order valence-electron chi connectivity index (χ2n) is 8.87. The topological polar surface area (TPSA) is 108 Å². The van der Waals surface area contributed by atoms with Gasteiger partial charge in [-0.2, -0.15) is 0 Å². The van der Waals surface area contributed by atoms with E-state index in [0.717, 1.165) is 24.9 Å². The highest BCUT2D eigenvalue weighted by Crippen LogP contribution is 2.28. The van der Waals surface area contributed by atoms with E-state index in [1.54, 1.807) is 17.3 Å². The Labute approximate surface area is 214 Å². The molecular weight excluding hydrogens is 535 g/mol. The van der Waals surface area contributed by atoms with Crippen molar-refractivity contribution in [3.63, 3.8) is 0 Å². The van der Waals surface area contributed by atoms with Crippen LogP contribution in [0.25, 0.3) is 0 Å². The van der Waals surface area contributed by atoms with E-state index in [4.69, 9.17) is 4.74 Å². The summed E-state index contributed by atoms with van der Waals surface area (Å²) < 4.78 is 5.57. The van der Waals surface area contributed by atoms with Crippen LogP contribution in [-0.2, 0) is 16.1 Å². The third-order valence-electron chi connectivity index (χ3n) is 4.61. The van der Waals surface area contributed by atoms with Gasteiger partial charge in [-0.1, -0.05) is 6.07 Å². The Morgan fingerprint density at radius 3 is 2.55 bits per heavy atom. The number of amides is 2. The van der Waals surface area contributed by atoms with Crippen LogP contribution in [0.3, 0.4) is 0 Å². The Bertz CT molecular complexity index is 750. The van der Waals surface area contributed by atoms with E-state index in [0.29, 0.717) is 45.1 Å². The molecule has 1 heterocycles. The first-order valence-electron chi connectivity index (χ1n) is 11.4. The molecular formula is C23H39IN6O3. The Morgan fingerprint density at radius 2 is 1.94 bits per heavy atom. The van der Waals surface area contributed by atoms with E-state index in [1.807, 2.05) is 39.8 Å². The molecule has 0 aromatic carbocycles. The number of carbonyl (C=O) groups excluding carboxylic acids is 2. The molecule has 0 aliphatic heterocycles. The van der Waals surface area contributed by atoms with Gasteiger partial charge in [-0.15, -0.1) is 24.0 Å². The molecule has 1 aromatic heterocycles. The van der Waals surface area contributed by atoms with Crippen molar-refractivity contribution >= 4 is 41.9 Å². The molecule has 0 unspecified atom stereocenters. The van der Waals surface area contributed by atoms with E-state index >= 15 is 0 Å². The number of carbonyl (C=O) groups is 2. The molecule has 0 spiro atoms.